The lowest BCUT2D eigenvalue weighted by molar-refractivity contribution is -0.388. The third kappa shape index (κ3) is 4.67. The zero-order valence-electron chi connectivity index (χ0n) is 9.20. The topological polar surface area (TPSA) is 99.4 Å². The maximum atomic E-state index is 10.7. The number of rotatable bonds is 6. The number of methoxy groups -OCH3 is 1. The summed E-state index contributed by atoms with van der Waals surface area (Å²) in [5.41, 5.74) is -0.201. The Morgan fingerprint density at radius 3 is 2.72 bits per heavy atom. The second-order valence-corrected chi connectivity index (χ2v) is 7.01. The van der Waals surface area contributed by atoms with Crippen molar-refractivity contribution in [3.8, 4) is 5.88 Å². The summed E-state index contributed by atoms with van der Waals surface area (Å²) < 4.78 is 26.3. The van der Waals surface area contributed by atoms with E-state index in [1.54, 1.807) is 0 Å². The van der Waals surface area contributed by atoms with Gasteiger partial charge in [-0.3, -0.25) is 10.1 Å². The van der Waals surface area contributed by atoms with Crippen LogP contribution >= 0.6 is 22.4 Å². The van der Waals surface area contributed by atoms with Gasteiger partial charge in [0.05, 0.1) is 17.8 Å². The Labute approximate surface area is 112 Å². The number of hydrogen-bond acceptors (Lipinski definition) is 7. The van der Waals surface area contributed by atoms with Crippen molar-refractivity contribution in [2.45, 2.75) is 5.03 Å². The van der Waals surface area contributed by atoms with Gasteiger partial charge in [0.15, 0.2) is 5.03 Å². The fourth-order valence-electron chi connectivity index (χ4n) is 1.01. The van der Waals surface area contributed by atoms with Crippen molar-refractivity contribution in [2.75, 3.05) is 18.6 Å². The molecular formula is C8H9ClN2O5S2. The molecule has 10 heteroatoms. The Morgan fingerprint density at radius 1 is 1.56 bits per heavy atom. The van der Waals surface area contributed by atoms with Gasteiger partial charge in [-0.15, -0.1) is 0 Å². The second-order valence-electron chi connectivity index (χ2n) is 3.03. The number of ether oxygens (including phenoxy) is 1. The molecule has 7 nitrogen and oxygen atoms in total. The number of pyridine rings is 1. The summed E-state index contributed by atoms with van der Waals surface area (Å²) in [6.07, 6.45) is 0. The first-order valence-electron chi connectivity index (χ1n) is 4.58. The van der Waals surface area contributed by atoms with Crippen LogP contribution in [-0.4, -0.2) is 36.9 Å². The van der Waals surface area contributed by atoms with Crippen LogP contribution in [0.4, 0.5) is 5.69 Å². The molecule has 0 aliphatic heterocycles. The van der Waals surface area contributed by atoms with E-state index in [2.05, 4.69) is 4.98 Å². The molecule has 0 bridgehead atoms. The summed E-state index contributed by atoms with van der Waals surface area (Å²) in [4.78, 5) is 14.0. The molecule has 0 unspecified atom stereocenters. The van der Waals surface area contributed by atoms with Crippen molar-refractivity contribution in [3.63, 3.8) is 0 Å². The fourth-order valence-corrected chi connectivity index (χ4v) is 3.35. The quantitative estimate of drug-likeness (QED) is 0.341. The number of aromatic nitrogens is 1. The summed E-state index contributed by atoms with van der Waals surface area (Å²) in [6.45, 7) is 0. The van der Waals surface area contributed by atoms with Crippen molar-refractivity contribution >= 4 is 37.2 Å². The van der Waals surface area contributed by atoms with E-state index in [0.29, 0.717) is 0 Å². The molecule has 0 aromatic carbocycles. The van der Waals surface area contributed by atoms with Gasteiger partial charge in [0.25, 0.3) is 0 Å². The van der Waals surface area contributed by atoms with Crippen LogP contribution in [0.1, 0.15) is 0 Å². The van der Waals surface area contributed by atoms with Gasteiger partial charge in [-0.2, -0.15) is 4.98 Å². The van der Waals surface area contributed by atoms with Gasteiger partial charge >= 0.3 is 5.69 Å². The van der Waals surface area contributed by atoms with E-state index in [-0.39, 0.29) is 28.1 Å². The molecule has 0 saturated heterocycles. The molecule has 0 atom stereocenters. The number of halogens is 1. The lowest BCUT2D eigenvalue weighted by Gasteiger charge is -2.03. The van der Waals surface area contributed by atoms with Gasteiger partial charge in [-0.25, -0.2) is 8.42 Å². The number of nitro groups is 1. The third-order valence-corrected chi connectivity index (χ3v) is 4.18. The highest BCUT2D eigenvalue weighted by Crippen LogP contribution is 2.29. The van der Waals surface area contributed by atoms with Crippen LogP contribution in [0.5, 0.6) is 5.88 Å². The zero-order valence-corrected chi connectivity index (χ0v) is 11.6. The predicted molar refractivity (Wildman–Crippen MR) is 67.8 cm³/mol. The van der Waals surface area contributed by atoms with E-state index >= 15 is 0 Å². The molecule has 0 fully saturated rings. The lowest BCUT2D eigenvalue weighted by Crippen LogP contribution is -2.01. The maximum absolute atomic E-state index is 10.7. The van der Waals surface area contributed by atoms with E-state index in [1.165, 1.54) is 19.2 Å². The molecule has 100 valence electrons. The predicted octanol–water partition coefficient (Wildman–Crippen LogP) is 1.66. The number of nitrogens with zero attached hydrogens (tertiary/aromatic N) is 2. The molecule has 0 amide bonds. The average Bonchev–Trinajstić information content (AvgIpc) is 2.26. The molecule has 1 heterocycles. The highest BCUT2D eigenvalue weighted by Gasteiger charge is 2.17. The van der Waals surface area contributed by atoms with Gasteiger partial charge in [-0.05, 0) is 0 Å². The molecule has 0 aliphatic rings. The van der Waals surface area contributed by atoms with Gasteiger partial charge in [0, 0.05) is 28.6 Å². The van der Waals surface area contributed by atoms with Crippen molar-refractivity contribution in [3.05, 3.63) is 22.2 Å². The SMILES string of the molecule is COc1ccc([N+](=O)[O-])c(SCCS(=O)(=O)Cl)n1. The highest BCUT2D eigenvalue weighted by molar-refractivity contribution is 8.14. The Balaban J connectivity index is 2.87. The fraction of sp³-hybridized carbons (Fsp3) is 0.375. The second kappa shape index (κ2) is 6.21. The van der Waals surface area contributed by atoms with Gasteiger partial charge in [0.2, 0.25) is 14.9 Å². The van der Waals surface area contributed by atoms with Crippen LogP contribution in [0.25, 0.3) is 0 Å². The smallest absolute Gasteiger partial charge is 0.301 e. The van der Waals surface area contributed by atoms with Crippen LogP contribution in [0.15, 0.2) is 17.2 Å². The van der Waals surface area contributed by atoms with Crippen LogP contribution in [0.3, 0.4) is 0 Å². The maximum Gasteiger partial charge on any atom is 0.301 e. The third-order valence-electron chi connectivity index (χ3n) is 1.79. The molecule has 1 rings (SSSR count). The minimum absolute atomic E-state index is 0.0762. The molecule has 1 aromatic rings. The summed E-state index contributed by atoms with van der Waals surface area (Å²) in [6, 6.07) is 2.61. The first-order valence-corrected chi connectivity index (χ1v) is 8.04. The first kappa shape index (κ1) is 15.0. The van der Waals surface area contributed by atoms with Crippen LogP contribution in [0.2, 0.25) is 0 Å². The van der Waals surface area contributed by atoms with E-state index in [1.807, 2.05) is 0 Å². The molecule has 0 aliphatic carbocycles. The molecular weight excluding hydrogens is 304 g/mol. The van der Waals surface area contributed by atoms with Crippen molar-refractivity contribution < 1.29 is 18.1 Å². The van der Waals surface area contributed by atoms with Gasteiger partial charge in [-0.1, -0.05) is 11.8 Å². The Bertz CT molecular complexity index is 548. The van der Waals surface area contributed by atoms with Gasteiger partial charge in [0.1, 0.15) is 0 Å². The molecule has 0 radical (unpaired) electrons. The van der Waals surface area contributed by atoms with Crippen molar-refractivity contribution in [1.82, 2.24) is 4.98 Å². The lowest BCUT2D eigenvalue weighted by atomic mass is 10.4. The first-order chi connectivity index (χ1) is 8.33. The van der Waals surface area contributed by atoms with Crippen molar-refractivity contribution in [2.24, 2.45) is 0 Å². The number of hydrogen-bond donors (Lipinski definition) is 0. The minimum atomic E-state index is -3.62. The molecule has 18 heavy (non-hydrogen) atoms. The average molecular weight is 313 g/mol. The normalized spacial score (nSPS) is 11.2. The summed E-state index contributed by atoms with van der Waals surface area (Å²) in [5, 5.41) is 10.8. The van der Waals surface area contributed by atoms with Crippen molar-refractivity contribution in [1.29, 1.82) is 0 Å². The van der Waals surface area contributed by atoms with E-state index in [4.69, 9.17) is 15.4 Å². The van der Waals surface area contributed by atoms with Crippen LogP contribution in [0, 0.1) is 10.1 Å². The minimum Gasteiger partial charge on any atom is -0.481 e. The Hall–Kier alpha value is -1.06. The summed E-state index contributed by atoms with van der Waals surface area (Å²) in [5.74, 6) is -0.000844. The Kier molecular flexibility index (Phi) is 5.17. The Morgan fingerprint density at radius 2 is 2.22 bits per heavy atom. The molecule has 0 spiro atoms. The van der Waals surface area contributed by atoms with Crippen LogP contribution < -0.4 is 4.74 Å². The summed E-state index contributed by atoms with van der Waals surface area (Å²) >= 11 is 0.935. The van der Waals surface area contributed by atoms with E-state index < -0.39 is 14.0 Å². The monoisotopic (exact) mass is 312 g/mol. The zero-order chi connectivity index (χ0) is 13.8. The van der Waals surface area contributed by atoms with Gasteiger partial charge < -0.3 is 4.74 Å². The summed E-state index contributed by atoms with van der Waals surface area (Å²) in [7, 11) is 2.80. The molecule has 1 aromatic heterocycles. The standard InChI is InChI=1S/C8H9ClN2O5S2/c1-16-7-3-2-6(11(12)13)8(10-7)17-4-5-18(9,14)15/h2-3H,4-5H2,1H3. The molecule has 0 saturated carbocycles. The van der Waals surface area contributed by atoms with E-state index in [9.17, 15) is 18.5 Å². The molecule has 0 N–H and O–H groups in total. The highest BCUT2D eigenvalue weighted by atomic mass is 35.7. The van der Waals surface area contributed by atoms with Crippen LogP contribution in [-0.2, 0) is 9.05 Å². The van der Waals surface area contributed by atoms with E-state index in [0.717, 1.165) is 11.8 Å². The largest absolute Gasteiger partial charge is 0.481 e. The number of thioether (sulfide) groups is 1.